The summed E-state index contributed by atoms with van der Waals surface area (Å²) in [4.78, 5) is 10.5. The maximum atomic E-state index is 5.29. The molecule has 1 aliphatic carbocycles. The number of rotatable bonds is 6. The lowest BCUT2D eigenvalue weighted by Crippen LogP contribution is -2.14. The number of aromatic nitrogens is 2. The second-order valence-corrected chi connectivity index (χ2v) is 15.0. The van der Waals surface area contributed by atoms with Crippen molar-refractivity contribution >= 4 is 10.8 Å². The lowest BCUT2D eigenvalue weighted by atomic mass is 9.81. The Kier molecular flexibility index (Phi) is 7.85. The Morgan fingerprint density at radius 2 is 0.836 bits per heavy atom. The van der Waals surface area contributed by atoms with Crippen molar-refractivity contribution < 1.29 is 0 Å². The highest BCUT2D eigenvalue weighted by atomic mass is 14.9. The molecule has 1 heterocycles. The van der Waals surface area contributed by atoms with E-state index in [9.17, 15) is 0 Å². The van der Waals surface area contributed by atoms with Gasteiger partial charge in [-0.1, -0.05) is 184 Å². The topological polar surface area (TPSA) is 25.8 Å². The summed E-state index contributed by atoms with van der Waals surface area (Å²) >= 11 is 0. The predicted molar refractivity (Wildman–Crippen MR) is 230 cm³/mol. The minimum Gasteiger partial charge on any atom is -0.228 e. The van der Waals surface area contributed by atoms with E-state index in [0.717, 1.165) is 39.2 Å². The third-order valence-corrected chi connectivity index (χ3v) is 11.3. The van der Waals surface area contributed by atoms with Crippen LogP contribution in [0.4, 0.5) is 0 Å². The monoisotopic (exact) mass is 702 g/mol. The zero-order chi connectivity index (χ0) is 36.9. The van der Waals surface area contributed by atoms with Crippen molar-refractivity contribution in [2.24, 2.45) is 0 Å². The van der Waals surface area contributed by atoms with Gasteiger partial charge in [-0.15, -0.1) is 0 Å². The molecule has 0 N–H and O–H groups in total. The van der Waals surface area contributed by atoms with Gasteiger partial charge in [-0.05, 0) is 90.7 Å². The standard InChI is InChI=1S/C53H38N2/c1-53(2)47-30-16-29-45(51(47)46-32-38-21-9-10-22-39(38)33-48(46)53)43-27-12-11-25-41(43)42-26-13-14-28-44(42)50-34-49(54-52(55-50)36-19-7-4-8-20-36)40-24-15-23-37(31-40)35-17-5-3-6-18-35/h3-34H,1-2H3. The van der Waals surface area contributed by atoms with Crippen LogP contribution in [0.5, 0.6) is 0 Å². The number of hydrogen-bond acceptors (Lipinski definition) is 2. The number of fused-ring (bicyclic) bond motifs is 4. The van der Waals surface area contributed by atoms with Crippen molar-refractivity contribution in [1.29, 1.82) is 0 Å². The van der Waals surface area contributed by atoms with E-state index in [0.29, 0.717) is 5.82 Å². The molecule has 0 bridgehead atoms. The summed E-state index contributed by atoms with van der Waals surface area (Å²) in [6.45, 7) is 4.73. The molecule has 0 fully saturated rings. The zero-order valence-electron chi connectivity index (χ0n) is 30.9. The van der Waals surface area contributed by atoms with Gasteiger partial charge in [-0.3, -0.25) is 0 Å². The van der Waals surface area contributed by atoms with Gasteiger partial charge in [0.25, 0.3) is 0 Å². The van der Waals surface area contributed by atoms with Crippen LogP contribution >= 0.6 is 0 Å². The summed E-state index contributed by atoms with van der Waals surface area (Å²) in [5.41, 5.74) is 17.2. The summed E-state index contributed by atoms with van der Waals surface area (Å²) in [7, 11) is 0. The van der Waals surface area contributed by atoms with E-state index < -0.39 is 0 Å². The Bertz CT molecular complexity index is 2890. The molecule has 260 valence electrons. The minimum absolute atomic E-state index is 0.124. The Hall–Kier alpha value is -6.90. The summed E-state index contributed by atoms with van der Waals surface area (Å²) in [6, 6.07) is 69.6. The molecule has 0 atom stereocenters. The fourth-order valence-electron chi connectivity index (χ4n) is 8.53. The van der Waals surface area contributed by atoms with Crippen molar-refractivity contribution in [2.45, 2.75) is 19.3 Å². The summed E-state index contributed by atoms with van der Waals surface area (Å²) < 4.78 is 0. The van der Waals surface area contributed by atoms with Crippen molar-refractivity contribution in [3.05, 3.63) is 205 Å². The molecular formula is C53H38N2. The largest absolute Gasteiger partial charge is 0.228 e. The first-order valence-corrected chi connectivity index (χ1v) is 19.0. The molecule has 10 rings (SSSR count). The molecular weight excluding hydrogens is 665 g/mol. The third kappa shape index (κ3) is 5.66. The molecule has 1 aromatic heterocycles. The maximum Gasteiger partial charge on any atom is 0.160 e. The van der Waals surface area contributed by atoms with E-state index in [1.165, 1.54) is 55.3 Å². The summed E-state index contributed by atoms with van der Waals surface area (Å²) in [6.07, 6.45) is 0. The molecule has 2 nitrogen and oxygen atoms in total. The first-order chi connectivity index (χ1) is 27.0. The van der Waals surface area contributed by atoms with Gasteiger partial charge >= 0.3 is 0 Å². The lowest BCUT2D eigenvalue weighted by molar-refractivity contribution is 0.661. The van der Waals surface area contributed by atoms with Crippen LogP contribution in [0.25, 0.3) is 89.2 Å². The number of hydrogen-bond donors (Lipinski definition) is 0. The van der Waals surface area contributed by atoms with E-state index in [4.69, 9.17) is 9.97 Å². The number of benzene rings is 8. The highest BCUT2D eigenvalue weighted by Crippen LogP contribution is 2.54. The second kappa shape index (κ2) is 13.2. The minimum atomic E-state index is -0.124. The van der Waals surface area contributed by atoms with Crippen LogP contribution in [0.2, 0.25) is 0 Å². The van der Waals surface area contributed by atoms with Gasteiger partial charge in [0, 0.05) is 22.1 Å². The molecule has 0 saturated carbocycles. The second-order valence-electron chi connectivity index (χ2n) is 15.0. The van der Waals surface area contributed by atoms with Crippen molar-refractivity contribution in [1.82, 2.24) is 9.97 Å². The van der Waals surface area contributed by atoms with E-state index in [2.05, 4.69) is 190 Å². The molecule has 8 aromatic carbocycles. The molecule has 0 saturated heterocycles. The highest BCUT2D eigenvalue weighted by molar-refractivity contribution is 6.02. The van der Waals surface area contributed by atoms with Crippen molar-refractivity contribution in [3.63, 3.8) is 0 Å². The summed E-state index contributed by atoms with van der Waals surface area (Å²) in [5.74, 6) is 0.702. The van der Waals surface area contributed by atoms with Crippen LogP contribution in [0.1, 0.15) is 25.0 Å². The van der Waals surface area contributed by atoms with Gasteiger partial charge in [0.1, 0.15) is 0 Å². The summed E-state index contributed by atoms with van der Waals surface area (Å²) in [5, 5.41) is 2.55. The molecule has 55 heavy (non-hydrogen) atoms. The zero-order valence-corrected chi connectivity index (χ0v) is 30.9. The molecule has 2 heteroatoms. The molecule has 1 aliphatic rings. The van der Waals surface area contributed by atoms with Crippen LogP contribution in [-0.2, 0) is 5.41 Å². The first-order valence-electron chi connectivity index (χ1n) is 19.0. The average Bonchev–Trinajstić information content (AvgIpc) is 3.48. The molecule has 0 unspecified atom stereocenters. The quantitative estimate of drug-likeness (QED) is 0.172. The van der Waals surface area contributed by atoms with Gasteiger partial charge in [0.05, 0.1) is 11.4 Å². The Labute approximate surface area is 322 Å². The van der Waals surface area contributed by atoms with Crippen LogP contribution in [0.3, 0.4) is 0 Å². The van der Waals surface area contributed by atoms with E-state index >= 15 is 0 Å². The van der Waals surface area contributed by atoms with E-state index in [-0.39, 0.29) is 5.41 Å². The lowest BCUT2D eigenvalue weighted by Gasteiger charge is -2.22. The first kappa shape index (κ1) is 32.7. The molecule has 0 amide bonds. The van der Waals surface area contributed by atoms with Gasteiger partial charge in [-0.25, -0.2) is 9.97 Å². The Morgan fingerprint density at radius 1 is 0.327 bits per heavy atom. The average molecular weight is 703 g/mol. The van der Waals surface area contributed by atoms with Gasteiger partial charge in [0.2, 0.25) is 0 Å². The molecule has 0 spiro atoms. The smallest absolute Gasteiger partial charge is 0.160 e. The molecule has 0 radical (unpaired) electrons. The van der Waals surface area contributed by atoms with Crippen molar-refractivity contribution in [3.8, 4) is 78.4 Å². The van der Waals surface area contributed by atoms with Gasteiger partial charge in [0.15, 0.2) is 5.82 Å². The van der Waals surface area contributed by atoms with E-state index in [1.54, 1.807) is 0 Å². The fourth-order valence-corrected chi connectivity index (χ4v) is 8.53. The molecule has 9 aromatic rings. The third-order valence-electron chi connectivity index (χ3n) is 11.3. The molecule has 0 aliphatic heterocycles. The van der Waals surface area contributed by atoms with Gasteiger partial charge in [-0.2, -0.15) is 0 Å². The fraction of sp³-hybridized carbons (Fsp3) is 0.0566. The SMILES string of the molecule is CC1(C)c2cc3ccccc3cc2-c2c(-c3ccccc3-c3ccccc3-c3cc(-c4cccc(-c5ccccc5)c4)nc(-c4ccccc4)n3)cccc21. The van der Waals surface area contributed by atoms with Crippen molar-refractivity contribution in [2.75, 3.05) is 0 Å². The van der Waals surface area contributed by atoms with E-state index in [1.807, 2.05) is 18.2 Å². The highest BCUT2D eigenvalue weighted by Gasteiger charge is 2.37. The predicted octanol–water partition coefficient (Wildman–Crippen LogP) is 13.9. The van der Waals surface area contributed by atoms with Crippen LogP contribution in [0.15, 0.2) is 194 Å². The maximum absolute atomic E-state index is 5.29. The Balaban J connectivity index is 1.16. The van der Waals surface area contributed by atoms with Crippen LogP contribution in [0, 0.1) is 0 Å². The number of nitrogens with zero attached hydrogens (tertiary/aromatic N) is 2. The Morgan fingerprint density at radius 3 is 1.56 bits per heavy atom. The normalized spacial score (nSPS) is 12.7. The van der Waals surface area contributed by atoms with Crippen LogP contribution < -0.4 is 0 Å². The van der Waals surface area contributed by atoms with Gasteiger partial charge < -0.3 is 0 Å². The van der Waals surface area contributed by atoms with Crippen LogP contribution in [-0.4, -0.2) is 9.97 Å².